The highest BCUT2D eigenvalue weighted by Crippen LogP contribution is 2.27. The molecule has 0 aliphatic rings. The molecule has 1 heterocycles. The summed E-state index contributed by atoms with van der Waals surface area (Å²) in [5.41, 5.74) is 0.790. The average molecular weight is 370 g/mol. The van der Waals surface area contributed by atoms with E-state index in [9.17, 15) is 14.9 Å². The standard InChI is InChI=1S/C15H13Cl2N3O4/c1-8-3-6-13(14(18-8)20(22)23)24-9(2)15(21)19-12-7-10(16)4-5-11(12)17/h3-7,9H,1-2H3,(H,19,21)/t9-/m0/s1. The molecule has 0 aliphatic carbocycles. The van der Waals surface area contributed by atoms with Crippen molar-refractivity contribution in [1.82, 2.24) is 4.98 Å². The quantitative estimate of drug-likeness (QED) is 0.634. The summed E-state index contributed by atoms with van der Waals surface area (Å²) in [7, 11) is 0. The van der Waals surface area contributed by atoms with Gasteiger partial charge < -0.3 is 20.2 Å². The Hall–Kier alpha value is -2.38. The number of halogens is 2. The lowest BCUT2D eigenvalue weighted by molar-refractivity contribution is -0.390. The van der Waals surface area contributed by atoms with Gasteiger partial charge in [-0.1, -0.05) is 23.2 Å². The summed E-state index contributed by atoms with van der Waals surface area (Å²) in [6, 6.07) is 7.57. The molecule has 0 aliphatic heterocycles. The van der Waals surface area contributed by atoms with Gasteiger partial charge in [0.2, 0.25) is 5.75 Å². The van der Waals surface area contributed by atoms with Gasteiger partial charge in [0, 0.05) is 11.9 Å². The number of rotatable bonds is 5. The van der Waals surface area contributed by atoms with Crippen molar-refractivity contribution in [3.63, 3.8) is 0 Å². The lowest BCUT2D eigenvalue weighted by atomic mass is 10.3. The minimum atomic E-state index is -1.01. The van der Waals surface area contributed by atoms with Crippen LogP contribution in [0, 0.1) is 17.0 Å². The topological polar surface area (TPSA) is 94.4 Å². The van der Waals surface area contributed by atoms with Crippen LogP contribution in [0.25, 0.3) is 0 Å². The van der Waals surface area contributed by atoms with Crippen molar-refractivity contribution in [3.05, 3.63) is 56.2 Å². The Morgan fingerprint density at radius 1 is 1.33 bits per heavy atom. The van der Waals surface area contributed by atoms with Gasteiger partial charge in [0.15, 0.2) is 6.10 Å². The molecule has 1 amide bonds. The van der Waals surface area contributed by atoms with Gasteiger partial charge >= 0.3 is 5.82 Å². The summed E-state index contributed by atoms with van der Waals surface area (Å²) in [4.78, 5) is 26.4. The molecule has 1 aromatic carbocycles. The van der Waals surface area contributed by atoms with Crippen molar-refractivity contribution in [1.29, 1.82) is 0 Å². The van der Waals surface area contributed by atoms with Gasteiger partial charge in [-0.3, -0.25) is 4.79 Å². The predicted octanol–water partition coefficient (Wildman–Crippen LogP) is 4.01. The molecule has 9 heteroatoms. The summed E-state index contributed by atoms with van der Waals surface area (Å²) in [6.07, 6.45) is -1.01. The molecular weight excluding hydrogens is 357 g/mol. The van der Waals surface area contributed by atoms with E-state index in [1.165, 1.54) is 19.1 Å². The Balaban J connectivity index is 2.15. The smallest absolute Gasteiger partial charge is 0.406 e. The first-order valence-corrected chi connectivity index (χ1v) is 7.58. The zero-order valence-corrected chi connectivity index (χ0v) is 14.3. The number of pyridine rings is 1. The molecule has 1 N–H and O–H groups in total. The second kappa shape index (κ2) is 7.46. The van der Waals surface area contributed by atoms with E-state index >= 15 is 0 Å². The van der Waals surface area contributed by atoms with E-state index in [1.54, 1.807) is 25.1 Å². The third kappa shape index (κ3) is 4.33. The van der Waals surface area contributed by atoms with Crippen LogP contribution >= 0.6 is 23.2 Å². The maximum atomic E-state index is 12.2. The molecule has 1 atom stereocenters. The molecule has 0 spiro atoms. The number of amides is 1. The number of anilines is 1. The Labute approximate surface area is 147 Å². The van der Waals surface area contributed by atoms with Crippen LogP contribution < -0.4 is 10.1 Å². The fourth-order valence-corrected chi connectivity index (χ4v) is 2.16. The number of aryl methyl sites for hydroxylation is 1. The second-order valence-electron chi connectivity index (χ2n) is 4.90. The maximum Gasteiger partial charge on any atom is 0.406 e. The maximum absolute atomic E-state index is 12.2. The lowest BCUT2D eigenvalue weighted by Crippen LogP contribution is -2.30. The number of carbonyl (C=O) groups excluding carboxylic acids is 1. The van der Waals surface area contributed by atoms with E-state index in [0.717, 1.165) is 0 Å². The fraction of sp³-hybridized carbons (Fsp3) is 0.200. The first-order chi connectivity index (χ1) is 11.3. The molecule has 2 aromatic rings. The molecule has 1 aromatic heterocycles. The largest absolute Gasteiger partial charge is 0.473 e. The first kappa shape index (κ1) is 18.0. The average Bonchev–Trinajstić information content (AvgIpc) is 2.52. The van der Waals surface area contributed by atoms with Gasteiger partial charge in [-0.15, -0.1) is 0 Å². The highest BCUT2D eigenvalue weighted by atomic mass is 35.5. The second-order valence-corrected chi connectivity index (χ2v) is 5.75. The normalized spacial score (nSPS) is 11.7. The van der Waals surface area contributed by atoms with Gasteiger partial charge in [0.1, 0.15) is 5.69 Å². The molecular formula is C15H13Cl2N3O4. The summed E-state index contributed by atoms with van der Waals surface area (Å²) >= 11 is 11.8. The van der Waals surface area contributed by atoms with E-state index in [0.29, 0.717) is 21.4 Å². The Kier molecular flexibility index (Phi) is 5.58. The monoisotopic (exact) mass is 369 g/mol. The molecule has 0 unspecified atom stereocenters. The van der Waals surface area contributed by atoms with Crippen LogP contribution in [0.2, 0.25) is 10.0 Å². The van der Waals surface area contributed by atoms with Crippen LogP contribution in [-0.2, 0) is 4.79 Å². The number of nitro groups is 1. The van der Waals surface area contributed by atoms with Crippen molar-refractivity contribution >= 4 is 40.6 Å². The summed E-state index contributed by atoms with van der Waals surface area (Å²) in [5.74, 6) is -1.07. The highest BCUT2D eigenvalue weighted by molar-refractivity contribution is 6.35. The minimum absolute atomic E-state index is 0.0922. The molecule has 24 heavy (non-hydrogen) atoms. The summed E-state index contributed by atoms with van der Waals surface area (Å²) in [5, 5.41) is 14.3. The summed E-state index contributed by atoms with van der Waals surface area (Å²) in [6.45, 7) is 3.07. The highest BCUT2D eigenvalue weighted by Gasteiger charge is 2.23. The Bertz CT molecular complexity index is 798. The third-order valence-corrected chi connectivity index (χ3v) is 3.58. The molecule has 0 saturated heterocycles. The molecule has 0 bridgehead atoms. The van der Waals surface area contributed by atoms with Gasteiger partial charge in [-0.2, -0.15) is 0 Å². The number of hydrogen-bond acceptors (Lipinski definition) is 5. The third-order valence-electron chi connectivity index (χ3n) is 3.01. The van der Waals surface area contributed by atoms with E-state index in [4.69, 9.17) is 27.9 Å². The minimum Gasteiger partial charge on any atom is -0.473 e. The van der Waals surface area contributed by atoms with Crippen molar-refractivity contribution in [3.8, 4) is 5.75 Å². The van der Waals surface area contributed by atoms with Crippen molar-refractivity contribution in [2.24, 2.45) is 0 Å². The molecule has 0 saturated carbocycles. The van der Waals surface area contributed by atoms with Crippen LogP contribution in [0.5, 0.6) is 5.75 Å². The number of hydrogen-bond donors (Lipinski definition) is 1. The van der Waals surface area contributed by atoms with Gasteiger partial charge in [-0.05, 0) is 47.2 Å². The van der Waals surface area contributed by atoms with Crippen LogP contribution in [0.1, 0.15) is 12.6 Å². The zero-order valence-electron chi connectivity index (χ0n) is 12.7. The number of ether oxygens (including phenoxy) is 1. The Morgan fingerprint density at radius 3 is 2.71 bits per heavy atom. The van der Waals surface area contributed by atoms with Crippen LogP contribution in [0.15, 0.2) is 30.3 Å². The zero-order chi connectivity index (χ0) is 17.9. The SMILES string of the molecule is Cc1ccc(O[C@@H](C)C(=O)Nc2cc(Cl)ccc2Cl)c([N+](=O)[O-])n1. The van der Waals surface area contributed by atoms with E-state index in [-0.39, 0.29) is 5.75 Å². The fourth-order valence-electron chi connectivity index (χ4n) is 1.82. The molecule has 0 fully saturated rings. The summed E-state index contributed by atoms with van der Waals surface area (Å²) < 4.78 is 5.37. The van der Waals surface area contributed by atoms with Crippen molar-refractivity contribution in [2.75, 3.05) is 5.32 Å². The predicted molar refractivity (Wildman–Crippen MR) is 90.8 cm³/mol. The molecule has 0 radical (unpaired) electrons. The van der Waals surface area contributed by atoms with Crippen LogP contribution in [-0.4, -0.2) is 21.9 Å². The first-order valence-electron chi connectivity index (χ1n) is 6.82. The molecule has 2 rings (SSSR count). The lowest BCUT2D eigenvalue weighted by Gasteiger charge is -2.15. The number of nitrogens with zero attached hydrogens (tertiary/aromatic N) is 2. The van der Waals surface area contributed by atoms with Crippen molar-refractivity contribution in [2.45, 2.75) is 20.0 Å². The Morgan fingerprint density at radius 2 is 2.04 bits per heavy atom. The van der Waals surface area contributed by atoms with Gasteiger partial charge in [0.05, 0.1) is 10.7 Å². The number of nitrogens with one attached hydrogen (secondary N) is 1. The molecule has 7 nitrogen and oxygen atoms in total. The van der Waals surface area contributed by atoms with E-state index in [2.05, 4.69) is 10.3 Å². The number of carbonyl (C=O) groups is 1. The van der Waals surface area contributed by atoms with E-state index in [1.807, 2.05) is 0 Å². The number of aromatic nitrogens is 1. The van der Waals surface area contributed by atoms with Crippen LogP contribution in [0.3, 0.4) is 0 Å². The van der Waals surface area contributed by atoms with Gasteiger partial charge in [0.25, 0.3) is 5.91 Å². The molecule has 126 valence electrons. The van der Waals surface area contributed by atoms with E-state index < -0.39 is 22.8 Å². The van der Waals surface area contributed by atoms with Crippen molar-refractivity contribution < 1.29 is 14.5 Å². The van der Waals surface area contributed by atoms with Gasteiger partial charge in [-0.25, -0.2) is 0 Å². The van der Waals surface area contributed by atoms with Crippen LogP contribution in [0.4, 0.5) is 11.5 Å². The number of benzene rings is 1.